The van der Waals surface area contributed by atoms with Crippen molar-refractivity contribution < 1.29 is 0 Å². The molecule has 0 radical (unpaired) electrons. The van der Waals surface area contributed by atoms with Gasteiger partial charge in [-0.15, -0.1) is 0 Å². The van der Waals surface area contributed by atoms with Crippen molar-refractivity contribution in [2.24, 2.45) is 0 Å². The van der Waals surface area contributed by atoms with Crippen LogP contribution >= 0.6 is 23.4 Å². The SMILES string of the molecule is CCc1[nH]c2nc(Sc3cnc4nccnc4c3)nc(N3CC(N4CCCCC4)C3)c2c1Cl. The number of piperidine rings is 1. The lowest BCUT2D eigenvalue weighted by Gasteiger charge is -2.47. The smallest absolute Gasteiger partial charge is 0.196 e. The molecular weight excluding hydrogens is 456 g/mol. The summed E-state index contributed by atoms with van der Waals surface area (Å²) in [5.41, 5.74) is 3.18. The van der Waals surface area contributed by atoms with Crippen LogP contribution in [0.5, 0.6) is 0 Å². The van der Waals surface area contributed by atoms with E-state index in [1.807, 2.05) is 6.07 Å². The maximum atomic E-state index is 6.77. The molecule has 10 heteroatoms. The van der Waals surface area contributed by atoms with Crippen LogP contribution in [0.3, 0.4) is 0 Å². The molecule has 0 aliphatic carbocycles. The Morgan fingerprint density at radius 3 is 2.73 bits per heavy atom. The minimum Gasteiger partial charge on any atom is -0.353 e. The van der Waals surface area contributed by atoms with Gasteiger partial charge < -0.3 is 9.88 Å². The van der Waals surface area contributed by atoms with E-state index in [0.29, 0.717) is 16.8 Å². The Morgan fingerprint density at radius 1 is 1.09 bits per heavy atom. The first-order chi connectivity index (χ1) is 16.2. The topological polar surface area (TPSA) is 86.7 Å². The van der Waals surface area contributed by atoms with Gasteiger partial charge in [0.25, 0.3) is 0 Å². The quantitative estimate of drug-likeness (QED) is 0.422. The minimum atomic E-state index is 0.595. The molecule has 2 aliphatic heterocycles. The molecule has 2 aliphatic rings. The highest BCUT2D eigenvalue weighted by molar-refractivity contribution is 7.99. The number of likely N-dealkylation sites (tertiary alicyclic amines) is 1. The fourth-order valence-corrected chi connectivity index (χ4v) is 5.84. The predicted octanol–water partition coefficient (Wildman–Crippen LogP) is 4.34. The van der Waals surface area contributed by atoms with Gasteiger partial charge in [-0.3, -0.25) is 9.88 Å². The first kappa shape index (κ1) is 21.1. The Morgan fingerprint density at radius 2 is 1.91 bits per heavy atom. The van der Waals surface area contributed by atoms with Crippen molar-refractivity contribution in [2.45, 2.75) is 48.7 Å². The van der Waals surface area contributed by atoms with Gasteiger partial charge in [-0.1, -0.05) is 24.9 Å². The number of H-pyrrole nitrogens is 1. The second kappa shape index (κ2) is 8.70. The van der Waals surface area contributed by atoms with E-state index < -0.39 is 0 Å². The van der Waals surface area contributed by atoms with Crippen LogP contribution in [0.15, 0.2) is 34.7 Å². The first-order valence-electron chi connectivity index (χ1n) is 11.5. The lowest BCUT2D eigenvalue weighted by Crippen LogP contribution is -2.60. The van der Waals surface area contributed by atoms with Crippen LogP contribution in [0, 0.1) is 0 Å². The molecule has 0 amide bonds. The molecule has 1 N–H and O–H groups in total. The van der Waals surface area contributed by atoms with Gasteiger partial charge in [0.2, 0.25) is 0 Å². The predicted molar refractivity (Wildman–Crippen MR) is 131 cm³/mol. The van der Waals surface area contributed by atoms with Gasteiger partial charge >= 0.3 is 0 Å². The molecule has 0 bridgehead atoms. The summed E-state index contributed by atoms with van der Waals surface area (Å²) in [4.78, 5) is 32.1. The second-order valence-electron chi connectivity index (χ2n) is 8.65. The third-order valence-electron chi connectivity index (χ3n) is 6.55. The zero-order valence-corrected chi connectivity index (χ0v) is 20.0. The number of aromatic amines is 1. The van der Waals surface area contributed by atoms with Crippen molar-refractivity contribution in [3.8, 4) is 0 Å². The molecule has 0 aromatic carbocycles. The second-order valence-corrected chi connectivity index (χ2v) is 10.1. The van der Waals surface area contributed by atoms with Crippen LogP contribution in [-0.2, 0) is 6.42 Å². The van der Waals surface area contributed by atoms with Crippen molar-refractivity contribution in [1.82, 2.24) is 34.8 Å². The summed E-state index contributed by atoms with van der Waals surface area (Å²) >= 11 is 8.25. The van der Waals surface area contributed by atoms with Crippen molar-refractivity contribution >= 4 is 51.4 Å². The van der Waals surface area contributed by atoms with Gasteiger partial charge in [0.1, 0.15) is 17.0 Å². The number of anilines is 1. The van der Waals surface area contributed by atoms with Crippen LogP contribution in [0.1, 0.15) is 31.9 Å². The van der Waals surface area contributed by atoms with Gasteiger partial charge in [-0.05, 0) is 50.2 Å². The minimum absolute atomic E-state index is 0.595. The summed E-state index contributed by atoms with van der Waals surface area (Å²) < 4.78 is 0. The molecule has 6 rings (SSSR count). The molecule has 4 aromatic rings. The molecule has 6 heterocycles. The van der Waals surface area contributed by atoms with Gasteiger partial charge in [0.05, 0.1) is 10.4 Å². The number of hydrogen-bond acceptors (Lipinski definition) is 8. The van der Waals surface area contributed by atoms with Crippen LogP contribution in [0.4, 0.5) is 5.82 Å². The van der Waals surface area contributed by atoms with Crippen LogP contribution in [0.2, 0.25) is 5.02 Å². The zero-order valence-electron chi connectivity index (χ0n) is 18.5. The molecule has 8 nitrogen and oxygen atoms in total. The summed E-state index contributed by atoms with van der Waals surface area (Å²) in [5, 5.41) is 2.34. The lowest BCUT2D eigenvalue weighted by atomic mass is 10.0. The van der Waals surface area contributed by atoms with Crippen molar-refractivity contribution in [2.75, 3.05) is 31.1 Å². The molecule has 0 spiro atoms. The summed E-state index contributed by atoms with van der Waals surface area (Å²) in [6.07, 6.45) is 9.91. The third-order valence-corrected chi connectivity index (χ3v) is 7.80. The third kappa shape index (κ3) is 3.92. The average Bonchev–Trinajstić information content (AvgIpc) is 3.14. The maximum Gasteiger partial charge on any atom is 0.196 e. The maximum absolute atomic E-state index is 6.77. The average molecular weight is 481 g/mol. The molecule has 4 aromatic heterocycles. The Bertz CT molecular complexity index is 1310. The molecule has 2 saturated heterocycles. The number of nitrogens with zero attached hydrogens (tertiary/aromatic N) is 7. The highest BCUT2D eigenvalue weighted by Gasteiger charge is 2.35. The highest BCUT2D eigenvalue weighted by Crippen LogP contribution is 2.38. The molecule has 33 heavy (non-hydrogen) atoms. The Labute approximate surface area is 201 Å². The van der Waals surface area contributed by atoms with Gasteiger partial charge in [-0.25, -0.2) is 19.9 Å². The summed E-state index contributed by atoms with van der Waals surface area (Å²) in [7, 11) is 0. The van der Waals surface area contributed by atoms with Crippen LogP contribution in [0.25, 0.3) is 22.2 Å². The highest BCUT2D eigenvalue weighted by atomic mass is 35.5. The van der Waals surface area contributed by atoms with Crippen molar-refractivity contribution in [3.05, 3.63) is 35.4 Å². The lowest BCUT2D eigenvalue weighted by molar-refractivity contribution is 0.138. The standard InChI is InChI=1S/C23H25ClN8S/c1-2-16-19(24)18-21(28-16)29-23(33-15-10-17-20(27-11-15)26-7-6-25-17)30-22(18)32-12-14(13-32)31-8-4-3-5-9-31/h6-7,10-11,14H,2-5,8-9,12-13H2,1H3,(H,28,29,30). The Kier molecular flexibility index (Phi) is 5.55. The largest absolute Gasteiger partial charge is 0.353 e. The normalized spacial score (nSPS) is 17.7. The van der Waals surface area contributed by atoms with E-state index in [1.165, 1.54) is 44.1 Å². The van der Waals surface area contributed by atoms with Crippen molar-refractivity contribution in [1.29, 1.82) is 0 Å². The number of halogens is 1. The molecule has 170 valence electrons. The van der Waals surface area contributed by atoms with Crippen LogP contribution < -0.4 is 4.90 Å². The van der Waals surface area contributed by atoms with E-state index in [9.17, 15) is 0 Å². The van der Waals surface area contributed by atoms with Crippen LogP contribution in [-0.4, -0.2) is 67.0 Å². The molecule has 2 fully saturated rings. The van der Waals surface area contributed by atoms with E-state index in [0.717, 1.165) is 57.5 Å². The number of aryl methyl sites for hydroxylation is 1. The monoisotopic (exact) mass is 480 g/mol. The molecular formula is C23H25ClN8S. The Hall–Kier alpha value is -2.49. The fraction of sp³-hybridized carbons (Fsp3) is 0.435. The summed E-state index contributed by atoms with van der Waals surface area (Å²) in [6.45, 7) is 6.47. The zero-order chi connectivity index (χ0) is 22.4. The fourth-order valence-electron chi connectivity index (χ4n) is 4.73. The van der Waals surface area contributed by atoms with Crippen molar-refractivity contribution in [3.63, 3.8) is 0 Å². The molecule has 0 unspecified atom stereocenters. The van der Waals surface area contributed by atoms with E-state index in [2.05, 4.69) is 36.7 Å². The number of rotatable bonds is 5. The molecule has 0 saturated carbocycles. The number of aromatic nitrogens is 6. The number of fused-ring (bicyclic) bond motifs is 2. The summed E-state index contributed by atoms with van der Waals surface area (Å²) in [5.74, 6) is 0.922. The van der Waals surface area contributed by atoms with Gasteiger partial charge in [0.15, 0.2) is 10.8 Å². The van der Waals surface area contributed by atoms with Gasteiger partial charge in [-0.2, -0.15) is 0 Å². The van der Waals surface area contributed by atoms with Gasteiger partial charge in [0, 0.05) is 48.3 Å². The van der Waals surface area contributed by atoms with E-state index >= 15 is 0 Å². The number of nitrogens with one attached hydrogen (secondary N) is 1. The Balaban J connectivity index is 1.33. The van der Waals surface area contributed by atoms with E-state index in [4.69, 9.17) is 21.6 Å². The van der Waals surface area contributed by atoms with E-state index in [1.54, 1.807) is 18.6 Å². The summed E-state index contributed by atoms with van der Waals surface area (Å²) in [6, 6.07) is 2.57. The molecule has 0 atom stereocenters. The first-order valence-corrected chi connectivity index (χ1v) is 12.7. The van der Waals surface area contributed by atoms with E-state index in [-0.39, 0.29) is 0 Å². The number of pyridine rings is 1. The number of hydrogen-bond donors (Lipinski definition) is 1.